The second-order valence-corrected chi connectivity index (χ2v) is 16.7. The molecule has 182 valence electrons. The molecule has 33 heavy (non-hydrogen) atoms. The number of benzene rings is 2. The van der Waals surface area contributed by atoms with Crippen LogP contribution in [0.15, 0.2) is 58.3 Å². The van der Waals surface area contributed by atoms with Gasteiger partial charge in [0.15, 0.2) is 0 Å². The van der Waals surface area contributed by atoms with Crippen LogP contribution in [-0.2, 0) is 17.7 Å². The Morgan fingerprint density at radius 2 is 1.15 bits per heavy atom. The summed E-state index contributed by atoms with van der Waals surface area (Å²) in [4.78, 5) is 2.79. The lowest BCUT2D eigenvalue weighted by Crippen LogP contribution is -2.44. The second-order valence-electron chi connectivity index (χ2n) is 8.71. The van der Waals surface area contributed by atoms with Crippen molar-refractivity contribution in [1.82, 2.24) is 4.90 Å². The van der Waals surface area contributed by atoms with Crippen LogP contribution >= 0.6 is 21.6 Å². The Labute approximate surface area is 206 Å². The topological polar surface area (TPSA) is 71.5 Å². The predicted molar refractivity (Wildman–Crippen MR) is 140 cm³/mol. The van der Waals surface area contributed by atoms with Crippen LogP contribution in [0.1, 0.15) is 43.2 Å². The first-order chi connectivity index (χ1) is 15.6. The summed E-state index contributed by atoms with van der Waals surface area (Å²) >= 11 is 0. The first-order valence-corrected chi connectivity index (χ1v) is 17.2. The Morgan fingerprint density at radius 3 is 1.55 bits per heavy atom. The molecule has 1 saturated carbocycles. The number of aryl methyl sites for hydroxylation is 2. The van der Waals surface area contributed by atoms with Crippen molar-refractivity contribution in [2.75, 3.05) is 18.6 Å². The monoisotopic (exact) mass is 527 g/mol. The van der Waals surface area contributed by atoms with Crippen LogP contribution < -0.4 is 0 Å². The fraction of sp³-hybridized carbons (Fsp3) is 0.500. The summed E-state index contributed by atoms with van der Waals surface area (Å²) in [5.74, 6) is 0.638. The third kappa shape index (κ3) is 7.49. The lowest BCUT2D eigenvalue weighted by atomic mass is 9.94. The summed E-state index contributed by atoms with van der Waals surface area (Å²) in [7, 11) is -3.20. The maximum Gasteiger partial charge on any atom is 0.230 e. The van der Waals surface area contributed by atoms with E-state index in [1.54, 1.807) is 48.5 Å². The molecule has 1 fully saturated rings. The van der Waals surface area contributed by atoms with Crippen molar-refractivity contribution in [3.63, 3.8) is 0 Å². The molecule has 1 aliphatic rings. The van der Waals surface area contributed by atoms with Gasteiger partial charge < -0.3 is 0 Å². The number of rotatable bonds is 10. The molecule has 0 N–H and O–H groups in total. The Balaban J connectivity index is 1.74. The molecule has 2 aromatic rings. The summed E-state index contributed by atoms with van der Waals surface area (Å²) in [5, 5.41) is 0. The molecule has 0 amide bonds. The van der Waals surface area contributed by atoms with Gasteiger partial charge in [-0.3, -0.25) is 4.90 Å². The van der Waals surface area contributed by atoms with Gasteiger partial charge in [0.1, 0.15) is 0 Å². The lowest BCUT2D eigenvalue weighted by molar-refractivity contribution is 0.160. The van der Waals surface area contributed by atoms with Crippen LogP contribution in [0.3, 0.4) is 0 Å². The zero-order valence-electron chi connectivity index (χ0n) is 19.4. The van der Waals surface area contributed by atoms with Crippen molar-refractivity contribution in [3.8, 4) is 0 Å². The van der Waals surface area contributed by atoms with Gasteiger partial charge in [0.2, 0.25) is 17.7 Å². The molecule has 0 aliphatic heterocycles. The van der Waals surface area contributed by atoms with Crippen LogP contribution in [0, 0.1) is 13.8 Å². The molecule has 0 heterocycles. The van der Waals surface area contributed by atoms with E-state index in [2.05, 4.69) is 4.90 Å². The maximum atomic E-state index is 12.9. The van der Waals surface area contributed by atoms with E-state index in [1.807, 2.05) is 20.9 Å². The molecule has 1 aliphatic carbocycles. The minimum absolute atomic E-state index is 0.177. The highest BCUT2D eigenvalue weighted by Gasteiger charge is 2.29. The highest BCUT2D eigenvalue weighted by molar-refractivity contribution is 8.72. The third-order valence-electron chi connectivity index (χ3n) is 6.18. The maximum absolute atomic E-state index is 12.9. The van der Waals surface area contributed by atoms with E-state index >= 15 is 0 Å². The van der Waals surface area contributed by atoms with Gasteiger partial charge in [-0.15, -0.1) is 0 Å². The molecule has 0 aromatic heterocycles. The van der Waals surface area contributed by atoms with Crippen LogP contribution in [-0.4, -0.2) is 52.4 Å². The summed E-state index contributed by atoms with van der Waals surface area (Å²) in [5.41, 5.74) is 2.01. The van der Waals surface area contributed by atoms with Crippen molar-refractivity contribution < 1.29 is 16.8 Å². The minimum atomic E-state index is -3.52. The van der Waals surface area contributed by atoms with Gasteiger partial charge in [-0.1, -0.05) is 54.7 Å². The van der Waals surface area contributed by atoms with Crippen molar-refractivity contribution in [1.29, 1.82) is 0 Å². The zero-order valence-corrected chi connectivity index (χ0v) is 22.7. The number of nitrogens with zero attached hydrogens (tertiary/aromatic N) is 1. The fourth-order valence-electron chi connectivity index (χ4n) is 3.95. The van der Waals surface area contributed by atoms with E-state index in [0.717, 1.165) is 58.4 Å². The Morgan fingerprint density at radius 1 is 0.758 bits per heavy atom. The Kier molecular flexibility index (Phi) is 9.37. The predicted octanol–water partition coefficient (Wildman–Crippen LogP) is 5.48. The minimum Gasteiger partial charge on any atom is -0.299 e. The fourth-order valence-corrected chi connectivity index (χ4v) is 10.2. The van der Waals surface area contributed by atoms with Crippen molar-refractivity contribution in [2.45, 2.75) is 67.8 Å². The molecular formula is C24H33NO4S4. The highest BCUT2D eigenvalue weighted by atomic mass is 33.1. The summed E-state index contributed by atoms with van der Waals surface area (Å²) in [6.07, 6.45) is 5.67. The molecule has 0 bridgehead atoms. The van der Waals surface area contributed by atoms with E-state index in [9.17, 15) is 16.8 Å². The van der Waals surface area contributed by atoms with Crippen LogP contribution in [0.2, 0.25) is 0 Å². The number of hydrogen-bond acceptors (Lipinski definition) is 7. The van der Waals surface area contributed by atoms with E-state index < -0.39 is 17.7 Å². The van der Waals surface area contributed by atoms with Crippen LogP contribution in [0.4, 0.5) is 0 Å². The quantitative estimate of drug-likeness (QED) is 0.379. The zero-order chi connectivity index (χ0) is 24.1. The molecule has 0 atom stereocenters. The SMILES string of the molecule is Cc1ccc(S(=O)(=O)SCC(CSS(=O)(=O)c2ccc(C)cc2)N(C)C2CCCCC2)cc1. The molecule has 3 rings (SSSR count). The van der Waals surface area contributed by atoms with Gasteiger partial charge in [-0.05, 0) is 79.6 Å². The average Bonchev–Trinajstić information content (AvgIpc) is 2.80. The molecule has 0 saturated heterocycles. The summed E-state index contributed by atoms with van der Waals surface area (Å²) < 4.78 is 51.7. The second kappa shape index (κ2) is 11.6. The molecule has 0 radical (unpaired) electrons. The lowest BCUT2D eigenvalue weighted by Gasteiger charge is -2.36. The van der Waals surface area contributed by atoms with E-state index in [-0.39, 0.29) is 15.8 Å². The van der Waals surface area contributed by atoms with Gasteiger partial charge in [0.25, 0.3) is 0 Å². The molecule has 0 spiro atoms. The van der Waals surface area contributed by atoms with Crippen molar-refractivity contribution in [3.05, 3.63) is 59.7 Å². The molecular weight excluding hydrogens is 495 g/mol. The standard InChI is InChI=1S/C24H33NO4S4/c1-19-9-13-23(14-10-19)32(26,27)30-17-22(25(3)21-7-5-4-6-8-21)18-31-33(28,29)24-15-11-20(2)12-16-24/h9-16,21-22H,4-8,17-18H2,1-3H3. The summed E-state index contributed by atoms with van der Waals surface area (Å²) in [6.45, 7) is 3.84. The molecule has 0 unspecified atom stereocenters. The van der Waals surface area contributed by atoms with Gasteiger partial charge in [0, 0.05) is 23.6 Å². The van der Waals surface area contributed by atoms with Crippen LogP contribution in [0.5, 0.6) is 0 Å². The number of hydrogen-bond donors (Lipinski definition) is 0. The Bertz CT molecular complexity index is 1030. The van der Waals surface area contributed by atoms with E-state index in [0.29, 0.717) is 17.5 Å². The largest absolute Gasteiger partial charge is 0.299 e. The van der Waals surface area contributed by atoms with Crippen LogP contribution in [0.25, 0.3) is 0 Å². The third-order valence-corrected chi connectivity index (χ3v) is 13.4. The van der Waals surface area contributed by atoms with Crippen molar-refractivity contribution in [2.24, 2.45) is 0 Å². The first kappa shape index (κ1) is 26.6. The van der Waals surface area contributed by atoms with Gasteiger partial charge in [-0.2, -0.15) is 0 Å². The summed E-state index contributed by atoms with van der Waals surface area (Å²) in [6, 6.07) is 13.9. The molecule has 9 heteroatoms. The average molecular weight is 528 g/mol. The normalized spacial score (nSPS) is 15.9. The van der Waals surface area contributed by atoms with E-state index in [1.165, 1.54) is 6.42 Å². The van der Waals surface area contributed by atoms with Gasteiger partial charge in [0.05, 0.1) is 9.79 Å². The molecule has 5 nitrogen and oxygen atoms in total. The smallest absolute Gasteiger partial charge is 0.230 e. The Hall–Kier alpha value is -1.00. The van der Waals surface area contributed by atoms with Gasteiger partial charge in [-0.25, -0.2) is 16.8 Å². The highest BCUT2D eigenvalue weighted by Crippen LogP contribution is 2.32. The molecule has 2 aromatic carbocycles. The first-order valence-electron chi connectivity index (χ1n) is 11.2. The van der Waals surface area contributed by atoms with Gasteiger partial charge >= 0.3 is 0 Å². The van der Waals surface area contributed by atoms with E-state index in [4.69, 9.17) is 0 Å². The van der Waals surface area contributed by atoms with Crippen molar-refractivity contribution >= 4 is 39.3 Å².